The Labute approximate surface area is 41.7 Å². The van der Waals surface area contributed by atoms with Gasteiger partial charge in [-0.2, -0.15) is 0 Å². The smallest absolute Gasteiger partial charge is 0.0864 e. The van der Waals surface area contributed by atoms with E-state index in [9.17, 15) is 0 Å². The average Bonchev–Trinajstić information content (AvgIpc) is 1.72. The van der Waals surface area contributed by atoms with Crippen LogP contribution in [-0.4, -0.2) is 0 Å². The number of hydrogen-bond acceptors (Lipinski definition) is 1. The molecular weight excluding hydrogens is 95.1 g/mol. The Morgan fingerprint density at radius 2 is 1.71 bits per heavy atom. The lowest BCUT2D eigenvalue weighted by atomic mass is 10.4. The molecule has 1 heterocycles. The predicted molar refractivity (Wildman–Crippen MR) is 26.5 cm³/mol. The number of halogens is 1. The van der Waals surface area contributed by atoms with Crippen molar-refractivity contribution < 1.29 is 9.44 Å². The Bertz CT molecular complexity index is 66.1. The highest BCUT2D eigenvalue weighted by Gasteiger charge is 1.75. The molecule has 0 N–H and O–H groups in total. The van der Waals surface area contributed by atoms with E-state index in [0.29, 0.717) is 0 Å². The maximum atomic E-state index is 4.71. The summed E-state index contributed by atoms with van der Waals surface area (Å²) in [6, 6.07) is 0. The Kier molecular flexibility index (Phi) is 3.02. The number of allylic oxidation sites excluding steroid dienone is 2. The molecule has 2 heteroatoms. The van der Waals surface area contributed by atoms with Crippen LogP contribution in [0.15, 0.2) is 24.7 Å². The molecule has 0 aromatic rings. The van der Waals surface area contributed by atoms with Crippen LogP contribution in [0.4, 0.5) is 4.70 Å². The number of hydrogen-bond donors (Lipinski definition) is 0. The van der Waals surface area contributed by atoms with Gasteiger partial charge in [-0.1, -0.05) is 0 Å². The molecular formula is C5H7FO. The summed E-state index contributed by atoms with van der Waals surface area (Å²) < 4.78 is 4.71. The highest BCUT2D eigenvalue weighted by molar-refractivity contribution is 4.92. The van der Waals surface area contributed by atoms with Gasteiger partial charge < -0.3 is 4.74 Å². The molecule has 0 atom stereocenters. The Morgan fingerprint density at radius 1 is 1.14 bits per heavy atom. The summed E-state index contributed by atoms with van der Waals surface area (Å²) in [5.41, 5.74) is 0. The molecule has 0 unspecified atom stereocenters. The molecule has 0 aliphatic carbocycles. The summed E-state index contributed by atoms with van der Waals surface area (Å²) in [7, 11) is 0. The summed E-state index contributed by atoms with van der Waals surface area (Å²) in [6.45, 7) is 0. The first-order valence-electron chi connectivity index (χ1n) is 1.95. The number of rotatable bonds is 0. The predicted octanol–water partition coefficient (Wildman–Crippen LogP) is 1.59. The average molecular weight is 102 g/mol. The second kappa shape index (κ2) is 3.40. The zero-order valence-electron chi connectivity index (χ0n) is 3.83. The summed E-state index contributed by atoms with van der Waals surface area (Å²) in [6.07, 6.45) is 8.29. The molecule has 1 aliphatic heterocycles. The van der Waals surface area contributed by atoms with E-state index >= 15 is 0 Å². The SMILES string of the molecule is C1=COC=CC1.F. The van der Waals surface area contributed by atoms with Crippen LogP contribution in [0, 0.1) is 0 Å². The van der Waals surface area contributed by atoms with E-state index in [1.165, 1.54) is 0 Å². The van der Waals surface area contributed by atoms with Crippen molar-refractivity contribution in [2.45, 2.75) is 6.42 Å². The minimum atomic E-state index is 0. The van der Waals surface area contributed by atoms with Crippen LogP contribution in [0.3, 0.4) is 0 Å². The molecule has 0 saturated carbocycles. The minimum Gasteiger partial charge on any atom is -0.473 e. The van der Waals surface area contributed by atoms with Crippen LogP contribution in [-0.2, 0) is 4.74 Å². The van der Waals surface area contributed by atoms with Gasteiger partial charge in [0, 0.05) is 0 Å². The largest absolute Gasteiger partial charge is 0.473 e. The van der Waals surface area contributed by atoms with Gasteiger partial charge in [0.25, 0.3) is 0 Å². The molecule has 0 fully saturated rings. The molecule has 40 valence electrons. The highest BCUT2D eigenvalue weighted by atomic mass is 19.0. The molecule has 1 aliphatic rings. The summed E-state index contributed by atoms with van der Waals surface area (Å²) in [5, 5.41) is 0. The van der Waals surface area contributed by atoms with E-state index in [2.05, 4.69) is 0 Å². The summed E-state index contributed by atoms with van der Waals surface area (Å²) >= 11 is 0. The number of ether oxygens (including phenoxy) is 1. The van der Waals surface area contributed by atoms with Crippen molar-refractivity contribution in [3.05, 3.63) is 24.7 Å². The summed E-state index contributed by atoms with van der Waals surface area (Å²) in [5.74, 6) is 0. The van der Waals surface area contributed by atoms with Crippen LogP contribution in [0.1, 0.15) is 6.42 Å². The molecule has 0 amide bonds. The molecule has 1 rings (SSSR count). The maximum Gasteiger partial charge on any atom is 0.0864 e. The molecule has 0 aromatic heterocycles. The molecule has 0 bridgehead atoms. The van der Waals surface area contributed by atoms with Crippen LogP contribution in [0.5, 0.6) is 0 Å². The fourth-order valence-corrected chi connectivity index (χ4v) is 0.346. The fraction of sp³-hybridized carbons (Fsp3) is 0.200. The fourth-order valence-electron chi connectivity index (χ4n) is 0.346. The van der Waals surface area contributed by atoms with Gasteiger partial charge in [0.05, 0.1) is 12.5 Å². The van der Waals surface area contributed by atoms with Crippen LogP contribution in [0.25, 0.3) is 0 Å². The zero-order valence-corrected chi connectivity index (χ0v) is 3.83. The normalized spacial score (nSPS) is 14.9. The van der Waals surface area contributed by atoms with Crippen LogP contribution < -0.4 is 0 Å². The monoisotopic (exact) mass is 102 g/mol. The molecule has 0 aromatic carbocycles. The van der Waals surface area contributed by atoms with E-state index in [-0.39, 0.29) is 4.70 Å². The van der Waals surface area contributed by atoms with Gasteiger partial charge in [-0.15, -0.1) is 0 Å². The Balaban J connectivity index is 0.000000360. The van der Waals surface area contributed by atoms with E-state index < -0.39 is 0 Å². The van der Waals surface area contributed by atoms with Crippen LogP contribution >= 0.6 is 0 Å². The van der Waals surface area contributed by atoms with Gasteiger partial charge in [-0.05, 0) is 18.6 Å². The van der Waals surface area contributed by atoms with Crippen molar-refractivity contribution in [1.82, 2.24) is 0 Å². The van der Waals surface area contributed by atoms with Gasteiger partial charge in [0.15, 0.2) is 0 Å². The van der Waals surface area contributed by atoms with E-state index in [4.69, 9.17) is 4.74 Å². The van der Waals surface area contributed by atoms with Gasteiger partial charge >= 0.3 is 0 Å². The second-order valence-corrected chi connectivity index (χ2v) is 1.12. The first-order valence-corrected chi connectivity index (χ1v) is 1.95. The van der Waals surface area contributed by atoms with Crippen molar-refractivity contribution in [3.63, 3.8) is 0 Å². The van der Waals surface area contributed by atoms with Gasteiger partial charge in [-0.3, -0.25) is 4.70 Å². The van der Waals surface area contributed by atoms with Gasteiger partial charge in [-0.25, -0.2) is 0 Å². The molecule has 1 nitrogen and oxygen atoms in total. The van der Waals surface area contributed by atoms with E-state index in [1.54, 1.807) is 12.5 Å². The van der Waals surface area contributed by atoms with Crippen molar-refractivity contribution in [2.24, 2.45) is 0 Å². The van der Waals surface area contributed by atoms with Gasteiger partial charge in [0.1, 0.15) is 0 Å². The third kappa shape index (κ3) is 1.98. The van der Waals surface area contributed by atoms with Crippen molar-refractivity contribution in [1.29, 1.82) is 0 Å². The van der Waals surface area contributed by atoms with Gasteiger partial charge in [0.2, 0.25) is 0 Å². The first-order chi connectivity index (χ1) is 3.00. The second-order valence-electron chi connectivity index (χ2n) is 1.12. The van der Waals surface area contributed by atoms with E-state index in [0.717, 1.165) is 6.42 Å². The quantitative estimate of drug-likeness (QED) is 0.451. The lowest BCUT2D eigenvalue weighted by molar-refractivity contribution is 0.393. The Morgan fingerprint density at radius 3 is 1.86 bits per heavy atom. The molecule has 0 spiro atoms. The lowest BCUT2D eigenvalue weighted by Gasteiger charge is -1.91. The third-order valence-corrected chi connectivity index (χ3v) is 0.622. The highest BCUT2D eigenvalue weighted by Crippen LogP contribution is 1.93. The Hall–Kier alpha value is -0.790. The molecule has 0 radical (unpaired) electrons. The first kappa shape index (κ1) is 6.21. The minimum absolute atomic E-state index is 0. The van der Waals surface area contributed by atoms with E-state index in [1.807, 2.05) is 12.2 Å². The standard InChI is InChI=1S/C5H6O.FH/c1-2-4-6-5-3-1;/h2-5H,1H2;1H. The molecule has 7 heavy (non-hydrogen) atoms. The topological polar surface area (TPSA) is 9.23 Å². The van der Waals surface area contributed by atoms with Crippen molar-refractivity contribution in [2.75, 3.05) is 0 Å². The van der Waals surface area contributed by atoms with Crippen molar-refractivity contribution in [3.8, 4) is 0 Å². The van der Waals surface area contributed by atoms with Crippen molar-refractivity contribution >= 4 is 0 Å². The maximum absolute atomic E-state index is 4.71. The summed E-state index contributed by atoms with van der Waals surface area (Å²) in [4.78, 5) is 0. The lowest BCUT2D eigenvalue weighted by Crippen LogP contribution is -1.71. The third-order valence-electron chi connectivity index (χ3n) is 0.622. The molecule has 0 saturated heterocycles. The van der Waals surface area contributed by atoms with Crippen LogP contribution in [0.2, 0.25) is 0 Å². The zero-order chi connectivity index (χ0) is 4.24.